The van der Waals surface area contributed by atoms with Gasteiger partial charge in [-0.2, -0.15) is 0 Å². The van der Waals surface area contributed by atoms with E-state index in [1.807, 2.05) is 38.2 Å². The number of hydrogen-bond acceptors (Lipinski definition) is 3. The Morgan fingerprint density at radius 1 is 1.40 bits per heavy atom. The molecule has 4 heteroatoms. The summed E-state index contributed by atoms with van der Waals surface area (Å²) in [4.78, 5) is 7.63. The second kappa shape index (κ2) is 3.65. The van der Waals surface area contributed by atoms with Crippen LogP contribution < -0.4 is 11.1 Å². The molecular weight excluding hydrogens is 188 g/mol. The van der Waals surface area contributed by atoms with Crippen LogP contribution in [0.4, 0.5) is 11.5 Å². The van der Waals surface area contributed by atoms with Crippen LogP contribution in [0.1, 0.15) is 5.69 Å². The quantitative estimate of drug-likeness (QED) is 0.652. The zero-order valence-corrected chi connectivity index (χ0v) is 8.83. The van der Waals surface area contributed by atoms with Crippen molar-refractivity contribution in [2.45, 2.75) is 6.92 Å². The van der Waals surface area contributed by atoms with Crippen molar-refractivity contribution in [3.8, 4) is 11.4 Å². The Balaban J connectivity index is 2.45. The van der Waals surface area contributed by atoms with Gasteiger partial charge in [0.2, 0.25) is 0 Å². The first-order valence-corrected chi connectivity index (χ1v) is 4.81. The van der Waals surface area contributed by atoms with E-state index in [9.17, 15) is 0 Å². The van der Waals surface area contributed by atoms with Gasteiger partial charge >= 0.3 is 0 Å². The second-order valence-electron chi connectivity index (χ2n) is 3.43. The first-order valence-electron chi connectivity index (χ1n) is 4.81. The molecule has 2 rings (SSSR count). The average molecular weight is 202 g/mol. The van der Waals surface area contributed by atoms with Crippen LogP contribution in [0.25, 0.3) is 11.4 Å². The number of anilines is 2. The van der Waals surface area contributed by atoms with Crippen molar-refractivity contribution in [1.29, 1.82) is 0 Å². The first kappa shape index (κ1) is 9.58. The van der Waals surface area contributed by atoms with Crippen LogP contribution in [0.2, 0.25) is 0 Å². The maximum atomic E-state index is 5.72. The number of aryl methyl sites for hydroxylation is 1. The van der Waals surface area contributed by atoms with Gasteiger partial charge in [-0.05, 0) is 19.1 Å². The highest BCUT2D eigenvalue weighted by atomic mass is 15.1. The van der Waals surface area contributed by atoms with Gasteiger partial charge in [0.1, 0.15) is 11.6 Å². The Morgan fingerprint density at radius 2 is 2.20 bits per heavy atom. The summed E-state index contributed by atoms with van der Waals surface area (Å²) < 4.78 is 0. The van der Waals surface area contributed by atoms with Crippen LogP contribution in [0.5, 0.6) is 0 Å². The minimum Gasteiger partial charge on any atom is -0.399 e. The van der Waals surface area contributed by atoms with Gasteiger partial charge in [-0.3, -0.25) is 0 Å². The maximum Gasteiger partial charge on any atom is 0.147 e. The lowest BCUT2D eigenvalue weighted by Gasteiger charge is -1.97. The van der Waals surface area contributed by atoms with Crippen LogP contribution >= 0.6 is 0 Å². The molecule has 4 N–H and O–H groups in total. The Morgan fingerprint density at radius 3 is 2.80 bits per heavy atom. The van der Waals surface area contributed by atoms with Crippen LogP contribution in [-0.2, 0) is 0 Å². The Kier molecular flexibility index (Phi) is 2.33. The number of nitrogen functional groups attached to an aromatic ring is 1. The summed E-state index contributed by atoms with van der Waals surface area (Å²) in [5.41, 5.74) is 8.48. The lowest BCUT2D eigenvalue weighted by Crippen LogP contribution is -1.89. The zero-order chi connectivity index (χ0) is 10.8. The van der Waals surface area contributed by atoms with Gasteiger partial charge in [0.25, 0.3) is 0 Å². The van der Waals surface area contributed by atoms with Crippen molar-refractivity contribution in [1.82, 2.24) is 9.97 Å². The van der Waals surface area contributed by atoms with E-state index in [0.717, 1.165) is 28.6 Å². The smallest absolute Gasteiger partial charge is 0.147 e. The lowest BCUT2D eigenvalue weighted by atomic mass is 10.2. The molecule has 4 nitrogen and oxygen atoms in total. The van der Waals surface area contributed by atoms with Gasteiger partial charge in [0, 0.05) is 18.3 Å². The van der Waals surface area contributed by atoms with E-state index in [4.69, 9.17) is 5.73 Å². The number of benzene rings is 1. The number of H-pyrrole nitrogens is 1. The number of rotatable bonds is 2. The van der Waals surface area contributed by atoms with E-state index in [1.54, 1.807) is 0 Å². The lowest BCUT2D eigenvalue weighted by molar-refractivity contribution is 1.25. The van der Waals surface area contributed by atoms with E-state index < -0.39 is 0 Å². The molecule has 1 aromatic carbocycles. The number of nitrogens with zero attached hydrogens (tertiary/aromatic N) is 1. The first-order chi connectivity index (χ1) is 7.20. The van der Waals surface area contributed by atoms with Crippen molar-refractivity contribution in [2.75, 3.05) is 18.1 Å². The Bertz CT molecular complexity index is 473. The third kappa shape index (κ3) is 1.79. The van der Waals surface area contributed by atoms with Crippen molar-refractivity contribution in [3.05, 3.63) is 30.0 Å². The van der Waals surface area contributed by atoms with Gasteiger partial charge in [0.05, 0.1) is 5.69 Å². The van der Waals surface area contributed by atoms with Gasteiger partial charge in [-0.1, -0.05) is 12.1 Å². The summed E-state index contributed by atoms with van der Waals surface area (Å²) in [6.45, 7) is 1.98. The van der Waals surface area contributed by atoms with Gasteiger partial charge < -0.3 is 16.0 Å². The van der Waals surface area contributed by atoms with E-state index in [1.165, 1.54) is 0 Å². The van der Waals surface area contributed by atoms with Crippen molar-refractivity contribution < 1.29 is 0 Å². The predicted molar refractivity (Wildman–Crippen MR) is 62.7 cm³/mol. The second-order valence-corrected chi connectivity index (χ2v) is 3.43. The van der Waals surface area contributed by atoms with Crippen molar-refractivity contribution in [3.63, 3.8) is 0 Å². The maximum absolute atomic E-state index is 5.72. The third-order valence-electron chi connectivity index (χ3n) is 2.28. The number of nitrogens with one attached hydrogen (secondary N) is 2. The SMILES string of the molecule is CNc1nc(-c2cccc(N)c2)[nH]c1C. The summed E-state index contributed by atoms with van der Waals surface area (Å²) >= 11 is 0. The number of imidazole rings is 1. The average Bonchev–Trinajstić information content (AvgIpc) is 2.60. The molecule has 0 saturated heterocycles. The van der Waals surface area contributed by atoms with E-state index in [-0.39, 0.29) is 0 Å². The number of aromatic nitrogens is 2. The number of nitrogens with two attached hydrogens (primary N) is 1. The summed E-state index contributed by atoms with van der Waals surface area (Å²) in [6, 6.07) is 7.66. The normalized spacial score (nSPS) is 10.3. The molecule has 0 amide bonds. The summed E-state index contributed by atoms with van der Waals surface area (Å²) in [5, 5.41) is 3.03. The highest BCUT2D eigenvalue weighted by Gasteiger charge is 2.06. The molecule has 2 aromatic rings. The summed E-state index contributed by atoms with van der Waals surface area (Å²) in [6.07, 6.45) is 0. The fourth-order valence-electron chi connectivity index (χ4n) is 1.53. The summed E-state index contributed by atoms with van der Waals surface area (Å²) in [7, 11) is 1.85. The minimum atomic E-state index is 0.743. The molecule has 0 aliphatic rings. The molecule has 1 heterocycles. The van der Waals surface area contributed by atoms with Crippen LogP contribution in [0, 0.1) is 6.92 Å². The topological polar surface area (TPSA) is 66.7 Å². The van der Waals surface area contributed by atoms with Crippen molar-refractivity contribution >= 4 is 11.5 Å². The summed E-state index contributed by atoms with van der Waals surface area (Å²) in [5.74, 6) is 1.71. The molecule has 0 fully saturated rings. The highest BCUT2D eigenvalue weighted by Crippen LogP contribution is 2.21. The molecule has 0 aliphatic heterocycles. The Labute approximate surface area is 88.5 Å². The van der Waals surface area contributed by atoms with Gasteiger partial charge in [0.15, 0.2) is 0 Å². The monoisotopic (exact) mass is 202 g/mol. The third-order valence-corrected chi connectivity index (χ3v) is 2.28. The molecule has 78 valence electrons. The van der Waals surface area contributed by atoms with Crippen molar-refractivity contribution in [2.24, 2.45) is 0 Å². The molecule has 0 atom stereocenters. The predicted octanol–water partition coefficient (Wildman–Crippen LogP) is 2.01. The molecule has 0 radical (unpaired) electrons. The van der Waals surface area contributed by atoms with Crippen LogP contribution in [0.3, 0.4) is 0 Å². The largest absolute Gasteiger partial charge is 0.399 e. The fourth-order valence-corrected chi connectivity index (χ4v) is 1.53. The molecule has 0 unspecified atom stereocenters. The van der Waals surface area contributed by atoms with Gasteiger partial charge in [-0.25, -0.2) is 4.98 Å². The van der Waals surface area contributed by atoms with Gasteiger partial charge in [-0.15, -0.1) is 0 Å². The molecule has 0 bridgehead atoms. The molecule has 15 heavy (non-hydrogen) atoms. The Hall–Kier alpha value is -1.97. The molecule has 0 spiro atoms. The van der Waals surface area contributed by atoms with Crippen LogP contribution in [0.15, 0.2) is 24.3 Å². The van der Waals surface area contributed by atoms with E-state index >= 15 is 0 Å². The fraction of sp³-hybridized carbons (Fsp3) is 0.182. The minimum absolute atomic E-state index is 0.743. The standard InChI is InChI=1S/C11H14N4/c1-7-10(13-2)15-11(14-7)8-4-3-5-9(12)6-8/h3-6,13H,12H2,1-2H3,(H,14,15). The number of aromatic amines is 1. The molecule has 0 aliphatic carbocycles. The molecule has 0 saturated carbocycles. The number of hydrogen-bond donors (Lipinski definition) is 3. The van der Waals surface area contributed by atoms with E-state index in [2.05, 4.69) is 15.3 Å². The molecular formula is C11H14N4. The highest BCUT2D eigenvalue weighted by molar-refractivity contribution is 5.63. The van der Waals surface area contributed by atoms with E-state index in [0.29, 0.717) is 0 Å². The zero-order valence-electron chi connectivity index (χ0n) is 8.83. The molecule has 1 aromatic heterocycles. The van der Waals surface area contributed by atoms with Crippen LogP contribution in [-0.4, -0.2) is 17.0 Å².